The van der Waals surface area contributed by atoms with Crippen LogP contribution in [-0.4, -0.2) is 16.9 Å². The Morgan fingerprint density at radius 1 is 1.21 bits per heavy atom. The fourth-order valence-corrected chi connectivity index (χ4v) is 2.21. The Bertz CT molecular complexity index is 513. The molecule has 3 nitrogen and oxygen atoms in total. The second-order valence-corrected chi connectivity index (χ2v) is 3.69. The molecule has 1 N–H and O–H groups in total. The molecule has 0 aliphatic heterocycles. The number of benzene rings is 1. The minimum atomic E-state index is -1.41. The number of carbonyl (C=O) groups is 2. The molecule has 2 aromatic rings. The van der Waals surface area contributed by atoms with Crippen molar-refractivity contribution in [3.63, 3.8) is 0 Å². The van der Waals surface area contributed by atoms with E-state index in [-0.39, 0.29) is 5.56 Å². The van der Waals surface area contributed by atoms with Gasteiger partial charge in [0.15, 0.2) is 0 Å². The van der Waals surface area contributed by atoms with Crippen LogP contribution in [0.5, 0.6) is 0 Å². The third-order valence-electron chi connectivity index (χ3n) is 1.92. The maximum absolute atomic E-state index is 11.2. The molecule has 0 saturated carbocycles. The van der Waals surface area contributed by atoms with Gasteiger partial charge in [0.05, 0.1) is 0 Å². The summed E-state index contributed by atoms with van der Waals surface area (Å²) in [5.41, 5.74) is 0.276. The highest BCUT2D eigenvalue weighted by Gasteiger charge is 2.18. The van der Waals surface area contributed by atoms with Crippen LogP contribution in [0.3, 0.4) is 0 Å². The lowest BCUT2D eigenvalue weighted by atomic mass is 10.1. The fraction of sp³-hybridized carbons (Fsp3) is 0. The average molecular weight is 206 g/mol. The van der Waals surface area contributed by atoms with Crippen molar-refractivity contribution in [1.82, 2.24) is 0 Å². The molecule has 1 aromatic carbocycles. The summed E-state index contributed by atoms with van der Waals surface area (Å²) in [5, 5.41) is 10.9. The van der Waals surface area contributed by atoms with Crippen LogP contribution in [0.15, 0.2) is 29.6 Å². The maximum Gasteiger partial charge on any atom is 0.377 e. The number of carboxylic acids is 1. The molecule has 0 spiro atoms. The highest BCUT2D eigenvalue weighted by Crippen LogP contribution is 2.25. The lowest BCUT2D eigenvalue weighted by Gasteiger charge is -1.92. The van der Waals surface area contributed by atoms with Crippen molar-refractivity contribution in [3.8, 4) is 0 Å². The minimum absolute atomic E-state index is 0.276. The zero-order valence-corrected chi connectivity index (χ0v) is 7.88. The zero-order valence-electron chi connectivity index (χ0n) is 7.06. The molecule has 1 aromatic heterocycles. The van der Waals surface area contributed by atoms with Gasteiger partial charge < -0.3 is 5.11 Å². The molecule has 0 amide bonds. The second-order valence-electron chi connectivity index (χ2n) is 2.78. The summed E-state index contributed by atoms with van der Waals surface area (Å²) >= 11 is 1.38. The molecule has 0 aliphatic carbocycles. The first-order valence-corrected chi connectivity index (χ1v) is 4.82. The molecular weight excluding hydrogens is 200 g/mol. The number of rotatable bonds is 2. The summed E-state index contributed by atoms with van der Waals surface area (Å²) in [6.45, 7) is 0. The number of carboxylic acid groups (broad SMARTS) is 1. The predicted molar refractivity (Wildman–Crippen MR) is 53.8 cm³/mol. The van der Waals surface area contributed by atoms with Crippen LogP contribution in [0, 0.1) is 0 Å². The summed E-state index contributed by atoms with van der Waals surface area (Å²) in [5.74, 6) is -2.25. The van der Waals surface area contributed by atoms with Gasteiger partial charge in [-0.1, -0.05) is 18.2 Å². The number of carbonyl (C=O) groups excluding carboxylic acids is 1. The van der Waals surface area contributed by atoms with Gasteiger partial charge in [0.2, 0.25) is 0 Å². The van der Waals surface area contributed by atoms with Crippen LogP contribution in [0.25, 0.3) is 10.1 Å². The van der Waals surface area contributed by atoms with Crippen LogP contribution in [0.1, 0.15) is 10.4 Å². The molecule has 0 saturated heterocycles. The Kier molecular flexibility index (Phi) is 2.05. The summed E-state index contributed by atoms with van der Waals surface area (Å²) in [6.07, 6.45) is 0. The van der Waals surface area contributed by atoms with Gasteiger partial charge in [0.1, 0.15) is 0 Å². The Hall–Kier alpha value is -1.68. The molecule has 70 valence electrons. The van der Waals surface area contributed by atoms with Crippen molar-refractivity contribution in [2.75, 3.05) is 0 Å². The van der Waals surface area contributed by atoms with Crippen molar-refractivity contribution in [3.05, 3.63) is 35.2 Å². The van der Waals surface area contributed by atoms with E-state index in [0.29, 0.717) is 5.39 Å². The summed E-state index contributed by atoms with van der Waals surface area (Å²) in [7, 11) is 0. The van der Waals surface area contributed by atoms with Crippen LogP contribution >= 0.6 is 11.3 Å². The summed E-state index contributed by atoms with van der Waals surface area (Å²) in [4.78, 5) is 21.7. The Morgan fingerprint density at radius 3 is 2.64 bits per heavy atom. The molecule has 0 unspecified atom stereocenters. The molecule has 0 radical (unpaired) electrons. The van der Waals surface area contributed by atoms with E-state index in [0.717, 1.165) is 4.70 Å². The SMILES string of the molecule is O=C(O)C(=O)c1csc2ccccc12. The number of thiophene rings is 1. The molecule has 0 atom stereocenters. The first kappa shape index (κ1) is 8.90. The number of Topliss-reactive ketones (excluding diaryl/α,β-unsaturated/α-hetero) is 1. The van der Waals surface area contributed by atoms with E-state index in [4.69, 9.17) is 5.11 Å². The number of aliphatic carboxylic acids is 1. The Labute approximate surface area is 83.6 Å². The smallest absolute Gasteiger partial charge is 0.377 e. The van der Waals surface area contributed by atoms with Gasteiger partial charge in [-0.2, -0.15) is 0 Å². The van der Waals surface area contributed by atoms with Gasteiger partial charge >= 0.3 is 5.97 Å². The van der Waals surface area contributed by atoms with E-state index in [1.54, 1.807) is 17.5 Å². The third-order valence-corrected chi connectivity index (χ3v) is 2.88. The van der Waals surface area contributed by atoms with E-state index < -0.39 is 11.8 Å². The van der Waals surface area contributed by atoms with Crippen molar-refractivity contribution in [1.29, 1.82) is 0 Å². The first-order valence-electron chi connectivity index (χ1n) is 3.94. The number of hydrogen-bond donors (Lipinski definition) is 1. The topological polar surface area (TPSA) is 54.4 Å². The first-order chi connectivity index (χ1) is 6.70. The van der Waals surface area contributed by atoms with E-state index in [9.17, 15) is 9.59 Å². The Morgan fingerprint density at radius 2 is 1.93 bits per heavy atom. The Balaban J connectivity index is 2.64. The van der Waals surface area contributed by atoms with Crippen molar-refractivity contribution in [2.45, 2.75) is 0 Å². The van der Waals surface area contributed by atoms with Gasteiger partial charge in [-0.25, -0.2) is 4.79 Å². The standard InChI is InChI=1S/C10H6O3S/c11-9(10(12)13)7-5-14-8-4-2-1-3-6(7)8/h1-5H,(H,12,13). The average Bonchev–Trinajstić information content (AvgIpc) is 2.60. The van der Waals surface area contributed by atoms with E-state index in [1.807, 2.05) is 12.1 Å². The molecule has 14 heavy (non-hydrogen) atoms. The van der Waals surface area contributed by atoms with Crippen molar-refractivity contribution in [2.24, 2.45) is 0 Å². The fourth-order valence-electron chi connectivity index (χ4n) is 1.27. The third kappa shape index (κ3) is 1.29. The normalized spacial score (nSPS) is 10.3. The quantitative estimate of drug-likeness (QED) is 0.605. The van der Waals surface area contributed by atoms with Crippen LogP contribution < -0.4 is 0 Å². The molecular formula is C10H6O3S. The van der Waals surface area contributed by atoms with E-state index in [2.05, 4.69) is 0 Å². The zero-order chi connectivity index (χ0) is 10.1. The van der Waals surface area contributed by atoms with Gasteiger partial charge in [0.25, 0.3) is 5.78 Å². The van der Waals surface area contributed by atoms with Crippen molar-refractivity contribution < 1.29 is 14.7 Å². The number of ketones is 1. The van der Waals surface area contributed by atoms with E-state index >= 15 is 0 Å². The molecule has 4 heteroatoms. The van der Waals surface area contributed by atoms with Crippen LogP contribution in [-0.2, 0) is 4.79 Å². The highest BCUT2D eigenvalue weighted by molar-refractivity contribution is 7.17. The molecule has 1 heterocycles. The molecule has 0 bridgehead atoms. The van der Waals surface area contributed by atoms with Gasteiger partial charge in [0, 0.05) is 21.0 Å². The largest absolute Gasteiger partial charge is 0.475 e. The maximum atomic E-state index is 11.2. The highest BCUT2D eigenvalue weighted by atomic mass is 32.1. The lowest BCUT2D eigenvalue weighted by molar-refractivity contribution is -0.131. The van der Waals surface area contributed by atoms with Crippen LogP contribution in [0.4, 0.5) is 0 Å². The van der Waals surface area contributed by atoms with Crippen LogP contribution in [0.2, 0.25) is 0 Å². The van der Waals surface area contributed by atoms with Gasteiger partial charge in [-0.05, 0) is 6.07 Å². The molecule has 2 rings (SSSR count). The number of hydrogen-bond acceptors (Lipinski definition) is 3. The van der Waals surface area contributed by atoms with Crippen molar-refractivity contribution >= 4 is 33.2 Å². The lowest BCUT2D eigenvalue weighted by Crippen LogP contribution is -2.11. The minimum Gasteiger partial charge on any atom is -0.475 e. The second kappa shape index (κ2) is 3.23. The van der Waals surface area contributed by atoms with E-state index in [1.165, 1.54) is 11.3 Å². The number of fused-ring (bicyclic) bond motifs is 1. The van der Waals surface area contributed by atoms with Gasteiger partial charge in [-0.3, -0.25) is 4.79 Å². The molecule has 0 aliphatic rings. The monoisotopic (exact) mass is 206 g/mol. The summed E-state index contributed by atoms with van der Waals surface area (Å²) in [6, 6.07) is 7.25. The summed E-state index contributed by atoms with van der Waals surface area (Å²) < 4.78 is 0.928. The van der Waals surface area contributed by atoms with Gasteiger partial charge in [-0.15, -0.1) is 11.3 Å². The molecule has 0 fully saturated rings. The predicted octanol–water partition coefficient (Wildman–Crippen LogP) is 2.17.